The van der Waals surface area contributed by atoms with Crippen LogP contribution >= 0.6 is 0 Å². The summed E-state index contributed by atoms with van der Waals surface area (Å²) >= 11 is 0. The van der Waals surface area contributed by atoms with Crippen LogP contribution in [0, 0.1) is 0 Å². The van der Waals surface area contributed by atoms with Crippen molar-refractivity contribution in [1.82, 2.24) is 19.2 Å². The van der Waals surface area contributed by atoms with Gasteiger partial charge in [0, 0.05) is 25.2 Å². The van der Waals surface area contributed by atoms with Crippen LogP contribution in [0.4, 0.5) is 0 Å². The number of rotatable bonds is 5. The van der Waals surface area contributed by atoms with Gasteiger partial charge in [-0.2, -0.15) is 17.4 Å². The van der Waals surface area contributed by atoms with Crippen LogP contribution in [-0.2, 0) is 10.2 Å². The standard InChI is InChI=1S/C13H28N4O2S/c1-14-11-13-5-3-4-8-17(13)20(18,19)15-12-6-9-16(2)10-7-12/h12-15H,3-11H2,1-2H3. The Kier molecular flexibility index (Phi) is 5.80. The van der Waals surface area contributed by atoms with Crippen LogP contribution in [0.25, 0.3) is 0 Å². The molecule has 2 saturated heterocycles. The van der Waals surface area contributed by atoms with Crippen LogP contribution in [0.15, 0.2) is 0 Å². The predicted molar refractivity (Wildman–Crippen MR) is 80.8 cm³/mol. The second kappa shape index (κ2) is 7.17. The lowest BCUT2D eigenvalue weighted by atomic mass is 10.1. The first-order valence-corrected chi connectivity index (χ1v) is 9.09. The van der Waals surface area contributed by atoms with Gasteiger partial charge < -0.3 is 10.2 Å². The molecular weight excluding hydrogens is 276 g/mol. The van der Waals surface area contributed by atoms with Crippen molar-refractivity contribution < 1.29 is 8.42 Å². The highest BCUT2D eigenvalue weighted by atomic mass is 32.2. The SMILES string of the molecule is CNCC1CCCCN1S(=O)(=O)NC1CCN(C)CC1. The van der Waals surface area contributed by atoms with E-state index in [1.807, 2.05) is 7.05 Å². The third-order valence-corrected chi connectivity index (χ3v) is 6.09. The molecule has 1 unspecified atom stereocenters. The zero-order chi connectivity index (χ0) is 14.6. The molecule has 0 saturated carbocycles. The molecule has 0 radical (unpaired) electrons. The van der Waals surface area contributed by atoms with E-state index in [1.54, 1.807) is 4.31 Å². The second-order valence-electron chi connectivity index (χ2n) is 6.02. The van der Waals surface area contributed by atoms with Crippen LogP contribution in [0.1, 0.15) is 32.1 Å². The molecule has 0 aliphatic carbocycles. The van der Waals surface area contributed by atoms with Crippen molar-refractivity contribution in [1.29, 1.82) is 0 Å². The predicted octanol–water partition coefficient (Wildman–Crippen LogP) is -0.0111. The van der Waals surface area contributed by atoms with E-state index >= 15 is 0 Å². The van der Waals surface area contributed by atoms with Gasteiger partial charge in [-0.15, -0.1) is 0 Å². The van der Waals surface area contributed by atoms with Gasteiger partial charge in [0.15, 0.2) is 0 Å². The number of hydrogen-bond acceptors (Lipinski definition) is 4. The molecule has 2 rings (SSSR count). The summed E-state index contributed by atoms with van der Waals surface area (Å²) in [5, 5.41) is 3.11. The molecule has 2 heterocycles. The summed E-state index contributed by atoms with van der Waals surface area (Å²) in [5.41, 5.74) is 0. The number of nitrogens with one attached hydrogen (secondary N) is 2. The van der Waals surface area contributed by atoms with E-state index in [-0.39, 0.29) is 12.1 Å². The van der Waals surface area contributed by atoms with Crippen molar-refractivity contribution >= 4 is 10.2 Å². The minimum absolute atomic E-state index is 0.0911. The summed E-state index contributed by atoms with van der Waals surface area (Å²) < 4.78 is 29.8. The average Bonchev–Trinajstić information content (AvgIpc) is 2.42. The molecule has 1 atom stereocenters. The zero-order valence-electron chi connectivity index (χ0n) is 12.6. The minimum Gasteiger partial charge on any atom is -0.318 e. The Labute approximate surface area is 123 Å². The fourth-order valence-corrected chi connectivity index (χ4v) is 4.87. The summed E-state index contributed by atoms with van der Waals surface area (Å²) in [6.45, 7) is 3.31. The summed E-state index contributed by atoms with van der Waals surface area (Å²) in [4.78, 5) is 2.25. The zero-order valence-corrected chi connectivity index (χ0v) is 13.5. The van der Waals surface area contributed by atoms with Gasteiger partial charge in [-0.25, -0.2) is 0 Å². The molecule has 7 heteroatoms. The van der Waals surface area contributed by atoms with Crippen LogP contribution in [0.2, 0.25) is 0 Å². The fourth-order valence-electron chi connectivity index (χ4n) is 3.13. The largest absolute Gasteiger partial charge is 0.318 e. The van der Waals surface area contributed by atoms with Gasteiger partial charge >= 0.3 is 0 Å². The molecule has 20 heavy (non-hydrogen) atoms. The molecule has 2 N–H and O–H groups in total. The van der Waals surface area contributed by atoms with Crippen molar-refractivity contribution in [2.45, 2.75) is 44.2 Å². The monoisotopic (exact) mass is 304 g/mol. The van der Waals surface area contributed by atoms with Crippen molar-refractivity contribution in [2.24, 2.45) is 0 Å². The molecule has 2 aliphatic rings. The Morgan fingerprint density at radius 2 is 1.80 bits per heavy atom. The number of likely N-dealkylation sites (tertiary alicyclic amines) is 1. The van der Waals surface area contributed by atoms with E-state index in [2.05, 4.69) is 22.0 Å². The van der Waals surface area contributed by atoms with Crippen LogP contribution < -0.4 is 10.0 Å². The van der Waals surface area contributed by atoms with Gasteiger partial charge in [-0.05, 0) is 52.9 Å². The van der Waals surface area contributed by atoms with E-state index in [1.165, 1.54) is 0 Å². The summed E-state index contributed by atoms with van der Waals surface area (Å²) in [6, 6.07) is 0.186. The molecule has 6 nitrogen and oxygen atoms in total. The first kappa shape index (κ1) is 16.2. The van der Waals surface area contributed by atoms with E-state index in [4.69, 9.17) is 0 Å². The molecule has 0 bridgehead atoms. The Bertz CT molecular complexity index is 391. The van der Waals surface area contributed by atoms with Gasteiger partial charge in [-0.1, -0.05) is 6.42 Å². The van der Waals surface area contributed by atoms with Gasteiger partial charge in [0.05, 0.1) is 0 Å². The van der Waals surface area contributed by atoms with Crippen LogP contribution in [0.5, 0.6) is 0 Å². The smallest absolute Gasteiger partial charge is 0.279 e. The average molecular weight is 304 g/mol. The normalized spacial score (nSPS) is 27.8. The van der Waals surface area contributed by atoms with Crippen molar-refractivity contribution in [3.8, 4) is 0 Å². The number of piperidine rings is 2. The number of nitrogens with zero attached hydrogens (tertiary/aromatic N) is 2. The number of likely N-dealkylation sites (N-methyl/N-ethyl adjacent to an activating group) is 1. The Hall–Kier alpha value is -0.210. The highest BCUT2D eigenvalue weighted by Crippen LogP contribution is 2.20. The molecule has 2 aliphatic heterocycles. The maximum atomic E-state index is 12.6. The minimum atomic E-state index is -3.35. The fraction of sp³-hybridized carbons (Fsp3) is 1.00. The van der Waals surface area contributed by atoms with Crippen molar-refractivity contribution in [3.63, 3.8) is 0 Å². The quantitative estimate of drug-likeness (QED) is 0.750. The molecule has 0 amide bonds. The highest BCUT2D eigenvalue weighted by Gasteiger charge is 2.33. The lowest BCUT2D eigenvalue weighted by Gasteiger charge is -2.37. The Balaban J connectivity index is 1.97. The molecule has 0 aromatic heterocycles. The summed E-state index contributed by atoms with van der Waals surface area (Å²) in [7, 11) is 0.613. The first-order valence-electron chi connectivity index (χ1n) is 7.65. The Morgan fingerprint density at radius 3 is 2.45 bits per heavy atom. The van der Waals surface area contributed by atoms with Crippen LogP contribution in [0.3, 0.4) is 0 Å². The van der Waals surface area contributed by atoms with Gasteiger partial charge in [0.2, 0.25) is 0 Å². The van der Waals surface area contributed by atoms with E-state index in [0.29, 0.717) is 6.54 Å². The topological polar surface area (TPSA) is 64.7 Å². The van der Waals surface area contributed by atoms with E-state index in [9.17, 15) is 8.42 Å². The van der Waals surface area contributed by atoms with Crippen LogP contribution in [-0.4, -0.2) is 70.0 Å². The van der Waals surface area contributed by atoms with Gasteiger partial charge in [0.1, 0.15) is 0 Å². The number of hydrogen-bond donors (Lipinski definition) is 2. The summed E-state index contributed by atoms with van der Waals surface area (Å²) in [5.74, 6) is 0. The lowest BCUT2D eigenvalue weighted by molar-refractivity contribution is 0.228. The summed E-state index contributed by atoms with van der Waals surface area (Å²) in [6.07, 6.45) is 4.84. The molecule has 2 fully saturated rings. The van der Waals surface area contributed by atoms with Gasteiger partial charge in [0.25, 0.3) is 10.2 Å². The highest BCUT2D eigenvalue weighted by molar-refractivity contribution is 7.87. The second-order valence-corrected chi connectivity index (χ2v) is 7.67. The van der Waals surface area contributed by atoms with Gasteiger partial charge in [-0.3, -0.25) is 0 Å². The first-order chi connectivity index (χ1) is 9.53. The lowest BCUT2D eigenvalue weighted by Crippen LogP contribution is -2.55. The molecule has 0 aromatic carbocycles. The van der Waals surface area contributed by atoms with E-state index < -0.39 is 10.2 Å². The third-order valence-electron chi connectivity index (χ3n) is 4.36. The maximum Gasteiger partial charge on any atom is 0.279 e. The third kappa shape index (κ3) is 4.14. The molecular formula is C13H28N4O2S. The molecule has 118 valence electrons. The van der Waals surface area contributed by atoms with Crippen molar-refractivity contribution in [2.75, 3.05) is 40.3 Å². The van der Waals surface area contributed by atoms with E-state index in [0.717, 1.165) is 51.7 Å². The molecule has 0 spiro atoms. The maximum absolute atomic E-state index is 12.6. The molecule has 0 aromatic rings. The Morgan fingerprint density at radius 1 is 1.10 bits per heavy atom. The van der Waals surface area contributed by atoms with Crippen molar-refractivity contribution in [3.05, 3.63) is 0 Å².